The number of benzene rings is 2. The normalized spacial score (nSPS) is 12.2. The van der Waals surface area contributed by atoms with E-state index in [1.807, 2.05) is 24.3 Å². The molecular weight excluding hydrogens is 300 g/mol. The van der Waals surface area contributed by atoms with Crippen LogP contribution >= 0.6 is 0 Å². The monoisotopic (exact) mass is 326 g/mol. The third-order valence-electron chi connectivity index (χ3n) is 4.19. The molecule has 24 heavy (non-hydrogen) atoms. The first-order chi connectivity index (χ1) is 10.9. The van der Waals surface area contributed by atoms with E-state index in [0.717, 1.165) is 22.3 Å². The van der Waals surface area contributed by atoms with Gasteiger partial charge in [-0.15, -0.1) is 0 Å². The van der Waals surface area contributed by atoms with Crippen LogP contribution in [0.15, 0.2) is 36.4 Å². The number of hydrogen-bond acceptors (Lipinski definition) is 2. The van der Waals surface area contributed by atoms with Gasteiger partial charge < -0.3 is 10.2 Å². The molecule has 3 heteroatoms. The second-order valence-corrected chi connectivity index (χ2v) is 8.30. The van der Waals surface area contributed by atoms with Crippen LogP contribution in [0, 0.1) is 0 Å². The first kappa shape index (κ1) is 18.1. The molecule has 2 aromatic carbocycles. The van der Waals surface area contributed by atoms with E-state index in [9.17, 15) is 9.90 Å². The molecule has 0 heterocycles. The minimum absolute atomic E-state index is 0.193. The highest BCUT2D eigenvalue weighted by Crippen LogP contribution is 2.41. The second-order valence-electron chi connectivity index (χ2n) is 8.30. The highest BCUT2D eigenvalue weighted by atomic mass is 16.4. The number of aromatic hydroxyl groups is 1. The third kappa shape index (κ3) is 3.61. The van der Waals surface area contributed by atoms with Gasteiger partial charge in [0, 0.05) is 11.1 Å². The lowest BCUT2D eigenvalue weighted by Crippen LogP contribution is -2.17. The SMILES string of the molecule is CC(C)(C)c1cc(-c2ccc(C(=O)O)cc2)cc(C(C)(C)C)c1O. The molecule has 0 unspecified atom stereocenters. The number of rotatable bonds is 2. The van der Waals surface area contributed by atoms with Crippen molar-refractivity contribution in [2.45, 2.75) is 52.4 Å². The van der Waals surface area contributed by atoms with E-state index in [4.69, 9.17) is 5.11 Å². The Balaban J connectivity index is 2.68. The van der Waals surface area contributed by atoms with Gasteiger partial charge in [-0.05, 0) is 46.2 Å². The molecular formula is C21H26O3. The Hall–Kier alpha value is -2.29. The quantitative estimate of drug-likeness (QED) is 0.782. The van der Waals surface area contributed by atoms with Crippen molar-refractivity contribution < 1.29 is 15.0 Å². The van der Waals surface area contributed by atoms with Crippen molar-refractivity contribution in [2.24, 2.45) is 0 Å². The van der Waals surface area contributed by atoms with Crippen molar-refractivity contribution in [1.82, 2.24) is 0 Å². The Morgan fingerprint density at radius 3 is 1.54 bits per heavy atom. The van der Waals surface area contributed by atoms with Gasteiger partial charge in [-0.1, -0.05) is 53.7 Å². The van der Waals surface area contributed by atoms with Crippen LogP contribution in [0.25, 0.3) is 11.1 Å². The van der Waals surface area contributed by atoms with Gasteiger partial charge in [-0.25, -0.2) is 4.79 Å². The van der Waals surface area contributed by atoms with Gasteiger partial charge in [0.25, 0.3) is 0 Å². The zero-order valence-corrected chi connectivity index (χ0v) is 15.3. The van der Waals surface area contributed by atoms with Crippen molar-refractivity contribution in [3.8, 4) is 16.9 Å². The molecule has 0 amide bonds. The number of carboxylic acids is 1. The highest BCUT2D eigenvalue weighted by Gasteiger charge is 2.26. The van der Waals surface area contributed by atoms with Gasteiger partial charge in [0.1, 0.15) is 5.75 Å². The van der Waals surface area contributed by atoms with Gasteiger partial charge in [0.15, 0.2) is 0 Å². The number of carboxylic acid groups (broad SMARTS) is 1. The van der Waals surface area contributed by atoms with Crippen LogP contribution in [0.1, 0.15) is 63.0 Å². The minimum Gasteiger partial charge on any atom is -0.507 e. The smallest absolute Gasteiger partial charge is 0.335 e. The van der Waals surface area contributed by atoms with E-state index < -0.39 is 5.97 Å². The summed E-state index contributed by atoms with van der Waals surface area (Å²) in [5.41, 5.74) is 3.60. The summed E-state index contributed by atoms with van der Waals surface area (Å²) in [6.07, 6.45) is 0. The van der Waals surface area contributed by atoms with E-state index in [0.29, 0.717) is 5.75 Å². The van der Waals surface area contributed by atoms with Crippen molar-refractivity contribution in [3.63, 3.8) is 0 Å². The molecule has 0 atom stereocenters. The van der Waals surface area contributed by atoms with E-state index in [2.05, 4.69) is 41.5 Å². The van der Waals surface area contributed by atoms with Crippen LogP contribution in [-0.2, 0) is 10.8 Å². The van der Waals surface area contributed by atoms with Crippen LogP contribution in [0.5, 0.6) is 5.75 Å². The summed E-state index contributed by atoms with van der Waals surface area (Å²) < 4.78 is 0. The number of phenols is 1. The number of aromatic carboxylic acids is 1. The molecule has 0 saturated carbocycles. The largest absolute Gasteiger partial charge is 0.507 e. The molecule has 2 aromatic rings. The van der Waals surface area contributed by atoms with Crippen molar-refractivity contribution in [1.29, 1.82) is 0 Å². The summed E-state index contributed by atoms with van der Waals surface area (Å²) in [6.45, 7) is 12.5. The Morgan fingerprint density at radius 1 is 0.792 bits per heavy atom. The van der Waals surface area contributed by atoms with Crippen LogP contribution in [0.2, 0.25) is 0 Å². The molecule has 0 aromatic heterocycles. The molecule has 3 nitrogen and oxygen atoms in total. The standard InChI is InChI=1S/C21H26O3/c1-20(2,3)16-11-15(12-17(18(16)22)21(4,5)6)13-7-9-14(10-8-13)19(23)24/h7-12,22H,1-6H3,(H,23,24). The fraction of sp³-hybridized carbons (Fsp3) is 0.381. The maximum Gasteiger partial charge on any atom is 0.335 e. The lowest BCUT2D eigenvalue weighted by molar-refractivity contribution is 0.0697. The summed E-state index contributed by atoms with van der Waals surface area (Å²) in [4.78, 5) is 11.0. The number of carbonyl (C=O) groups is 1. The molecule has 0 aliphatic heterocycles. The van der Waals surface area contributed by atoms with Crippen molar-refractivity contribution in [2.75, 3.05) is 0 Å². The first-order valence-corrected chi connectivity index (χ1v) is 8.13. The number of hydrogen-bond donors (Lipinski definition) is 2. The van der Waals surface area contributed by atoms with Crippen LogP contribution in [0.4, 0.5) is 0 Å². The first-order valence-electron chi connectivity index (χ1n) is 8.13. The molecule has 0 bridgehead atoms. The average Bonchev–Trinajstić information content (AvgIpc) is 2.45. The Bertz CT molecular complexity index is 722. The van der Waals surface area contributed by atoms with Crippen LogP contribution in [0.3, 0.4) is 0 Å². The van der Waals surface area contributed by atoms with E-state index in [-0.39, 0.29) is 16.4 Å². The summed E-state index contributed by atoms with van der Waals surface area (Å²) in [7, 11) is 0. The minimum atomic E-state index is -0.932. The Labute approximate surface area is 144 Å². The van der Waals surface area contributed by atoms with E-state index >= 15 is 0 Å². The third-order valence-corrected chi connectivity index (χ3v) is 4.19. The summed E-state index contributed by atoms with van der Waals surface area (Å²) in [5, 5.41) is 19.8. The molecule has 0 spiro atoms. The van der Waals surface area contributed by atoms with Crippen molar-refractivity contribution >= 4 is 5.97 Å². The predicted molar refractivity (Wildman–Crippen MR) is 97.9 cm³/mol. The molecule has 0 fully saturated rings. The summed E-state index contributed by atoms with van der Waals surface area (Å²) in [5.74, 6) is -0.584. The van der Waals surface area contributed by atoms with Crippen LogP contribution in [-0.4, -0.2) is 16.2 Å². The molecule has 0 aliphatic carbocycles. The van der Waals surface area contributed by atoms with Crippen LogP contribution < -0.4 is 0 Å². The van der Waals surface area contributed by atoms with Gasteiger partial charge >= 0.3 is 5.97 Å². The fourth-order valence-corrected chi connectivity index (χ4v) is 2.75. The zero-order chi connectivity index (χ0) is 18.3. The van der Waals surface area contributed by atoms with Crippen molar-refractivity contribution in [3.05, 3.63) is 53.1 Å². The maximum atomic E-state index is 11.0. The molecule has 2 N–H and O–H groups in total. The lowest BCUT2D eigenvalue weighted by atomic mass is 9.78. The fourth-order valence-electron chi connectivity index (χ4n) is 2.75. The second kappa shape index (κ2) is 5.97. The van der Waals surface area contributed by atoms with Gasteiger partial charge in [-0.2, -0.15) is 0 Å². The van der Waals surface area contributed by atoms with E-state index in [1.54, 1.807) is 12.1 Å². The lowest BCUT2D eigenvalue weighted by Gasteiger charge is -2.28. The molecule has 128 valence electrons. The van der Waals surface area contributed by atoms with Gasteiger partial charge in [0.05, 0.1) is 5.56 Å². The molecule has 2 rings (SSSR count). The Kier molecular flexibility index (Phi) is 4.49. The average molecular weight is 326 g/mol. The zero-order valence-electron chi connectivity index (χ0n) is 15.3. The maximum absolute atomic E-state index is 11.0. The topological polar surface area (TPSA) is 57.5 Å². The number of phenolic OH excluding ortho intramolecular Hbond substituents is 1. The van der Waals surface area contributed by atoms with E-state index in [1.165, 1.54) is 0 Å². The van der Waals surface area contributed by atoms with Gasteiger partial charge in [0.2, 0.25) is 0 Å². The predicted octanol–water partition coefficient (Wildman–Crippen LogP) is 5.35. The highest BCUT2D eigenvalue weighted by molar-refractivity contribution is 5.88. The molecule has 0 aliphatic rings. The summed E-state index contributed by atoms with van der Waals surface area (Å²) >= 11 is 0. The molecule has 0 radical (unpaired) electrons. The van der Waals surface area contributed by atoms with Gasteiger partial charge in [-0.3, -0.25) is 0 Å². The Morgan fingerprint density at radius 2 is 1.21 bits per heavy atom. The summed E-state index contributed by atoms with van der Waals surface area (Å²) in [6, 6.07) is 10.8. The molecule has 0 saturated heterocycles.